The Morgan fingerprint density at radius 2 is 1.85 bits per heavy atom. The Hall–Kier alpha value is -2.20. The van der Waals surface area contributed by atoms with E-state index < -0.39 is 0 Å². The van der Waals surface area contributed by atoms with Gasteiger partial charge in [-0.2, -0.15) is 0 Å². The third kappa shape index (κ3) is 2.86. The molecule has 0 radical (unpaired) electrons. The summed E-state index contributed by atoms with van der Waals surface area (Å²) in [6, 6.07) is 9.76. The highest BCUT2D eigenvalue weighted by molar-refractivity contribution is 6.31. The molecule has 0 heterocycles. The van der Waals surface area contributed by atoms with Crippen molar-refractivity contribution in [3.63, 3.8) is 0 Å². The van der Waals surface area contributed by atoms with E-state index in [4.69, 9.17) is 26.8 Å². The van der Waals surface area contributed by atoms with Crippen LogP contribution in [0.2, 0.25) is 5.02 Å². The molecule has 0 saturated heterocycles. The van der Waals surface area contributed by atoms with Crippen LogP contribution < -0.4 is 15.2 Å². The van der Waals surface area contributed by atoms with Crippen LogP contribution in [0, 0.1) is 0 Å². The van der Waals surface area contributed by atoms with Gasteiger partial charge in [-0.25, -0.2) is 0 Å². The molecule has 0 saturated carbocycles. The number of benzene rings is 2. The van der Waals surface area contributed by atoms with Crippen molar-refractivity contribution in [3.8, 4) is 11.5 Å². The molecular formula is C15H14ClNO3. The van der Waals surface area contributed by atoms with E-state index in [1.165, 1.54) is 14.2 Å². The van der Waals surface area contributed by atoms with Gasteiger partial charge in [0.25, 0.3) is 0 Å². The highest BCUT2D eigenvalue weighted by atomic mass is 35.5. The Bertz CT molecular complexity index is 635. The van der Waals surface area contributed by atoms with Crippen molar-refractivity contribution in [1.29, 1.82) is 0 Å². The van der Waals surface area contributed by atoms with E-state index in [2.05, 4.69) is 0 Å². The van der Waals surface area contributed by atoms with Crippen LogP contribution in [0.3, 0.4) is 0 Å². The van der Waals surface area contributed by atoms with Crippen LogP contribution in [0.4, 0.5) is 5.69 Å². The molecule has 0 unspecified atom stereocenters. The number of nitrogens with two attached hydrogens (primary N) is 1. The second-order valence-electron chi connectivity index (χ2n) is 4.17. The number of hydrogen-bond donors (Lipinski definition) is 1. The van der Waals surface area contributed by atoms with E-state index in [1.54, 1.807) is 36.4 Å². The van der Waals surface area contributed by atoms with Gasteiger partial charge in [0, 0.05) is 16.3 Å². The molecule has 0 aliphatic carbocycles. The first-order chi connectivity index (χ1) is 9.55. The third-order valence-electron chi connectivity index (χ3n) is 2.83. The van der Waals surface area contributed by atoms with Gasteiger partial charge in [0.1, 0.15) is 11.5 Å². The Labute approximate surface area is 122 Å². The number of anilines is 1. The Kier molecular flexibility index (Phi) is 4.15. The van der Waals surface area contributed by atoms with Crippen LogP contribution in [-0.4, -0.2) is 20.0 Å². The van der Waals surface area contributed by atoms with Gasteiger partial charge < -0.3 is 15.2 Å². The maximum absolute atomic E-state index is 12.5. The van der Waals surface area contributed by atoms with E-state index >= 15 is 0 Å². The monoisotopic (exact) mass is 291 g/mol. The zero-order valence-electron chi connectivity index (χ0n) is 11.1. The van der Waals surface area contributed by atoms with Gasteiger partial charge in [-0.15, -0.1) is 0 Å². The SMILES string of the molecule is COc1ccc(OC)c(C(=O)c2cc(N)cc(Cl)c2)c1. The highest BCUT2D eigenvalue weighted by Crippen LogP contribution is 2.28. The lowest BCUT2D eigenvalue weighted by Gasteiger charge is -2.10. The number of rotatable bonds is 4. The van der Waals surface area contributed by atoms with Crippen LogP contribution in [0.1, 0.15) is 15.9 Å². The molecule has 0 amide bonds. The van der Waals surface area contributed by atoms with E-state index in [9.17, 15) is 4.79 Å². The number of nitrogen functional groups attached to an aromatic ring is 1. The molecule has 2 aromatic carbocycles. The number of ketones is 1. The largest absolute Gasteiger partial charge is 0.497 e. The fourth-order valence-electron chi connectivity index (χ4n) is 1.89. The van der Waals surface area contributed by atoms with Crippen LogP contribution >= 0.6 is 11.6 Å². The number of halogens is 1. The summed E-state index contributed by atoms with van der Waals surface area (Å²) in [7, 11) is 3.04. The maximum atomic E-state index is 12.5. The van der Waals surface area contributed by atoms with Crippen molar-refractivity contribution < 1.29 is 14.3 Å². The highest BCUT2D eigenvalue weighted by Gasteiger charge is 2.16. The molecule has 2 N–H and O–H groups in total. The molecule has 20 heavy (non-hydrogen) atoms. The molecule has 2 rings (SSSR count). The normalized spacial score (nSPS) is 10.2. The van der Waals surface area contributed by atoms with Crippen LogP contribution in [-0.2, 0) is 0 Å². The molecule has 104 valence electrons. The number of ether oxygens (including phenoxy) is 2. The van der Waals surface area contributed by atoms with Crippen LogP contribution in [0.25, 0.3) is 0 Å². The van der Waals surface area contributed by atoms with Crippen LogP contribution in [0.15, 0.2) is 36.4 Å². The van der Waals surface area contributed by atoms with E-state index in [0.717, 1.165) is 0 Å². The van der Waals surface area contributed by atoms with Gasteiger partial charge in [0.05, 0.1) is 19.8 Å². The summed E-state index contributed by atoms with van der Waals surface area (Å²) in [5.41, 5.74) is 6.94. The van der Waals surface area contributed by atoms with Crippen LogP contribution in [0.5, 0.6) is 11.5 Å². The first kappa shape index (κ1) is 14.2. The third-order valence-corrected chi connectivity index (χ3v) is 3.05. The van der Waals surface area contributed by atoms with Gasteiger partial charge in [0.15, 0.2) is 5.78 Å². The second kappa shape index (κ2) is 5.84. The minimum atomic E-state index is -0.227. The predicted molar refractivity (Wildman–Crippen MR) is 78.8 cm³/mol. The molecule has 0 aromatic heterocycles. The zero-order chi connectivity index (χ0) is 14.7. The maximum Gasteiger partial charge on any atom is 0.197 e. The summed E-state index contributed by atoms with van der Waals surface area (Å²) < 4.78 is 10.3. The van der Waals surface area contributed by atoms with Gasteiger partial charge >= 0.3 is 0 Å². The Morgan fingerprint density at radius 3 is 2.45 bits per heavy atom. The molecule has 0 spiro atoms. The molecule has 0 aliphatic heterocycles. The van der Waals surface area contributed by atoms with E-state index in [-0.39, 0.29) is 5.78 Å². The first-order valence-electron chi connectivity index (χ1n) is 5.88. The van der Waals surface area contributed by atoms with Gasteiger partial charge in [-0.3, -0.25) is 4.79 Å². The average Bonchev–Trinajstić information content (AvgIpc) is 2.44. The van der Waals surface area contributed by atoms with Gasteiger partial charge in [-0.1, -0.05) is 11.6 Å². The van der Waals surface area contributed by atoms with Gasteiger partial charge in [-0.05, 0) is 36.4 Å². The minimum Gasteiger partial charge on any atom is -0.497 e. The predicted octanol–water partition coefficient (Wildman–Crippen LogP) is 3.17. The number of carbonyl (C=O) groups excluding carboxylic acids is 1. The topological polar surface area (TPSA) is 61.5 Å². The molecule has 5 heteroatoms. The summed E-state index contributed by atoms with van der Waals surface area (Å²) in [5.74, 6) is 0.813. The fraction of sp³-hybridized carbons (Fsp3) is 0.133. The molecule has 4 nitrogen and oxygen atoms in total. The average molecular weight is 292 g/mol. The number of carbonyl (C=O) groups is 1. The molecule has 0 fully saturated rings. The second-order valence-corrected chi connectivity index (χ2v) is 4.61. The smallest absolute Gasteiger partial charge is 0.197 e. The Balaban J connectivity index is 2.51. The lowest BCUT2D eigenvalue weighted by Crippen LogP contribution is -2.05. The molecular weight excluding hydrogens is 278 g/mol. The van der Waals surface area contributed by atoms with E-state index in [0.29, 0.717) is 33.3 Å². The zero-order valence-corrected chi connectivity index (χ0v) is 11.9. The fourth-order valence-corrected chi connectivity index (χ4v) is 2.13. The van der Waals surface area contributed by atoms with Crippen molar-refractivity contribution in [1.82, 2.24) is 0 Å². The Morgan fingerprint density at radius 1 is 1.10 bits per heavy atom. The molecule has 2 aromatic rings. The van der Waals surface area contributed by atoms with Crippen molar-refractivity contribution in [2.24, 2.45) is 0 Å². The summed E-state index contributed by atoms with van der Waals surface area (Å²) in [5, 5.41) is 0.412. The molecule has 0 atom stereocenters. The molecule has 0 aliphatic rings. The summed E-state index contributed by atoms with van der Waals surface area (Å²) >= 11 is 5.93. The van der Waals surface area contributed by atoms with Gasteiger partial charge in [0.2, 0.25) is 0 Å². The van der Waals surface area contributed by atoms with Crippen molar-refractivity contribution in [2.75, 3.05) is 20.0 Å². The first-order valence-corrected chi connectivity index (χ1v) is 6.25. The van der Waals surface area contributed by atoms with Crippen molar-refractivity contribution in [2.45, 2.75) is 0 Å². The standard InChI is InChI=1S/C15H14ClNO3/c1-19-12-3-4-14(20-2)13(8-12)15(18)9-5-10(16)7-11(17)6-9/h3-8H,17H2,1-2H3. The molecule has 0 bridgehead atoms. The number of methoxy groups -OCH3 is 2. The van der Waals surface area contributed by atoms with Crippen molar-refractivity contribution >= 4 is 23.1 Å². The summed E-state index contributed by atoms with van der Waals surface area (Å²) in [4.78, 5) is 12.5. The number of hydrogen-bond acceptors (Lipinski definition) is 4. The summed E-state index contributed by atoms with van der Waals surface area (Å²) in [6.07, 6.45) is 0. The summed E-state index contributed by atoms with van der Waals surface area (Å²) in [6.45, 7) is 0. The lowest BCUT2D eigenvalue weighted by molar-refractivity contribution is 0.103. The van der Waals surface area contributed by atoms with E-state index in [1.807, 2.05) is 0 Å². The quantitative estimate of drug-likeness (QED) is 0.694. The minimum absolute atomic E-state index is 0.227. The lowest BCUT2D eigenvalue weighted by atomic mass is 10.0. The van der Waals surface area contributed by atoms with Crippen molar-refractivity contribution in [3.05, 3.63) is 52.5 Å².